The molecule has 5 rings (SSSR count). The normalized spacial score (nSPS) is 16.1. The molecular weight excluding hydrogens is 467 g/mol. The molecule has 0 aliphatic carbocycles. The number of benzene rings is 2. The topological polar surface area (TPSA) is 55.6 Å². The van der Waals surface area contributed by atoms with Crippen molar-refractivity contribution in [2.75, 3.05) is 13.1 Å². The van der Waals surface area contributed by atoms with Crippen LogP contribution in [0.1, 0.15) is 17.8 Å². The molecule has 1 atom stereocenters. The highest BCUT2D eigenvalue weighted by molar-refractivity contribution is 6.39. The number of nitrogens with zero attached hydrogens (tertiary/aromatic N) is 4. The van der Waals surface area contributed by atoms with Crippen molar-refractivity contribution in [3.63, 3.8) is 0 Å². The molecule has 170 valence electrons. The number of halogens is 4. The lowest BCUT2D eigenvalue weighted by atomic mass is 10.1. The van der Waals surface area contributed by atoms with Gasteiger partial charge in [-0.2, -0.15) is 0 Å². The van der Waals surface area contributed by atoms with Gasteiger partial charge < -0.3 is 9.88 Å². The van der Waals surface area contributed by atoms with E-state index in [1.54, 1.807) is 24.4 Å². The predicted molar refractivity (Wildman–Crippen MR) is 126 cm³/mol. The summed E-state index contributed by atoms with van der Waals surface area (Å²) in [6.07, 6.45) is 3.51. The summed E-state index contributed by atoms with van der Waals surface area (Å²) in [4.78, 5) is 14.0. The van der Waals surface area contributed by atoms with Crippen molar-refractivity contribution in [1.29, 1.82) is 0 Å². The van der Waals surface area contributed by atoms with Crippen LogP contribution in [0.4, 0.5) is 8.78 Å². The van der Waals surface area contributed by atoms with E-state index in [4.69, 9.17) is 33.2 Å². The molecule has 1 unspecified atom stereocenters. The van der Waals surface area contributed by atoms with Crippen LogP contribution in [-0.4, -0.2) is 32.6 Å². The molecule has 9 heteroatoms. The van der Waals surface area contributed by atoms with Gasteiger partial charge in [0.05, 0.1) is 21.8 Å². The third-order valence-electron chi connectivity index (χ3n) is 5.96. The van der Waals surface area contributed by atoms with E-state index in [0.717, 1.165) is 25.6 Å². The summed E-state index contributed by atoms with van der Waals surface area (Å²) in [5, 5.41) is 4.43. The van der Waals surface area contributed by atoms with Gasteiger partial charge in [0, 0.05) is 19.0 Å². The van der Waals surface area contributed by atoms with Gasteiger partial charge in [0.15, 0.2) is 5.65 Å². The van der Waals surface area contributed by atoms with E-state index in [-0.39, 0.29) is 0 Å². The number of hydrogen-bond donors (Lipinski definition) is 1. The largest absolute Gasteiger partial charge is 0.316 e. The maximum Gasteiger partial charge on any atom is 0.164 e. The van der Waals surface area contributed by atoms with Gasteiger partial charge >= 0.3 is 0 Å². The first-order valence-corrected chi connectivity index (χ1v) is 11.6. The maximum absolute atomic E-state index is 14.0. The third kappa shape index (κ3) is 4.58. The molecule has 33 heavy (non-hydrogen) atoms. The van der Waals surface area contributed by atoms with Crippen LogP contribution in [0.15, 0.2) is 42.6 Å². The van der Waals surface area contributed by atoms with Crippen LogP contribution in [0.5, 0.6) is 0 Å². The first kappa shape index (κ1) is 22.2. The lowest BCUT2D eigenvalue weighted by Gasteiger charge is -2.15. The number of imidazole rings is 1. The lowest BCUT2D eigenvalue weighted by Crippen LogP contribution is -2.16. The standard InChI is InChI=1S/C24H21Cl2F2N5/c25-17-2-1-3-18(26)22(17)24-31-20-12-30-21(7-5-15-4-6-16(27)10-19(15)28)32-23(20)33(24)13-14-8-9-29-11-14/h1-4,6,10,12,14,29H,5,7-9,11,13H2. The minimum atomic E-state index is -0.593. The second-order valence-electron chi connectivity index (χ2n) is 8.23. The van der Waals surface area contributed by atoms with Crippen molar-refractivity contribution in [2.24, 2.45) is 5.92 Å². The Labute approximate surface area is 199 Å². The maximum atomic E-state index is 14.0. The first-order valence-electron chi connectivity index (χ1n) is 10.8. The van der Waals surface area contributed by atoms with Gasteiger partial charge in [0.25, 0.3) is 0 Å². The van der Waals surface area contributed by atoms with Gasteiger partial charge in [0.1, 0.15) is 28.8 Å². The number of rotatable bonds is 6. The molecule has 1 N–H and O–H groups in total. The monoisotopic (exact) mass is 487 g/mol. The van der Waals surface area contributed by atoms with E-state index in [2.05, 4.69) is 14.9 Å². The summed E-state index contributed by atoms with van der Waals surface area (Å²) in [5.74, 6) is 0.488. The molecule has 2 aromatic carbocycles. The van der Waals surface area contributed by atoms with Crippen molar-refractivity contribution in [3.05, 3.63) is 75.7 Å². The van der Waals surface area contributed by atoms with Crippen LogP contribution in [0.3, 0.4) is 0 Å². The van der Waals surface area contributed by atoms with E-state index in [9.17, 15) is 8.78 Å². The molecule has 0 spiro atoms. The van der Waals surface area contributed by atoms with Gasteiger partial charge in [-0.15, -0.1) is 0 Å². The van der Waals surface area contributed by atoms with E-state index in [1.165, 1.54) is 12.1 Å². The van der Waals surface area contributed by atoms with Gasteiger partial charge in [0.2, 0.25) is 0 Å². The van der Waals surface area contributed by atoms with E-state index >= 15 is 0 Å². The zero-order valence-corrected chi connectivity index (χ0v) is 19.2. The summed E-state index contributed by atoms with van der Waals surface area (Å²) in [7, 11) is 0. The van der Waals surface area contributed by atoms with Crippen molar-refractivity contribution >= 4 is 34.4 Å². The summed E-state index contributed by atoms with van der Waals surface area (Å²) in [5.41, 5.74) is 2.43. The Morgan fingerprint density at radius 1 is 1.06 bits per heavy atom. The fourth-order valence-electron chi connectivity index (χ4n) is 4.25. The molecule has 5 nitrogen and oxygen atoms in total. The van der Waals surface area contributed by atoms with Crippen LogP contribution in [0.2, 0.25) is 10.0 Å². The highest BCUT2D eigenvalue weighted by Crippen LogP contribution is 2.36. The summed E-state index contributed by atoms with van der Waals surface area (Å²) in [6.45, 7) is 2.60. The molecule has 0 amide bonds. The van der Waals surface area contributed by atoms with Gasteiger partial charge in [-0.05, 0) is 55.6 Å². The Balaban J connectivity index is 1.54. The molecule has 1 aliphatic heterocycles. The van der Waals surface area contributed by atoms with E-state index in [1.807, 2.05) is 0 Å². The van der Waals surface area contributed by atoms with Crippen molar-refractivity contribution in [2.45, 2.75) is 25.8 Å². The fraction of sp³-hybridized carbons (Fsp3) is 0.292. The smallest absolute Gasteiger partial charge is 0.164 e. The van der Waals surface area contributed by atoms with Crippen LogP contribution >= 0.6 is 23.2 Å². The first-order chi connectivity index (χ1) is 16.0. The molecule has 0 saturated carbocycles. The Bertz CT molecular complexity index is 1300. The van der Waals surface area contributed by atoms with E-state index < -0.39 is 11.6 Å². The van der Waals surface area contributed by atoms with Crippen LogP contribution in [0.25, 0.3) is 22.6 Å². The highest BCUT2D eigenvalue weighted by Gasteiger charge is 2.23. The minimum Gasteiger partial charge on any atom is -0.316 e. The minimum absolute atomic E-state index is 0.363. The zero-order valence-electron chi connectivity index (χ0n) is 17.7. The lowest BCUT2D eigenvalue weighted by molar-refractivity contribution is 0.490. The number of aryl methyl sites for hydroxylation is 2. The highest BCUT2D eigenvalue weighted by atomic mass is 35.5. The SMILES string of the molecule is Fc1ccc(CCc2ncc3nc(-c4c(Cl)cccc4Cl)n(CC4CCNC4)c3n2)c(F)c1. The zero-order chi connectivity index (χ0) is 22.9. The van der Waals surface area contributed by atoms with Crippen molar-refractivity contribution in [3.8, 4) is 11.4 Å². The molecule has 4 aromatic rings. The summed E-state index contributed by atoms with van der Waals surface area (Å²) >= 11 is 13.0. The average Bonchev–Trinajstić information content (AvgIpc) is 3.42. The Hall–Kier alpha value is -2.61. The Kier molecular flexibility index (Phi) is 6.27. The predicted octanol–water partition coefficient (Wildman–Crippen LogP) is 5.47. The van der Waals surface area contributed by atoms with Gasteiger partial charge in [-0.25, -0.2) is 23.7 Å². The summed E-state index contributed by atoms with van der Waals surface area (Å²) < 4.78 is 29.3. The number of nitrogens with one attached hydrogen (secondary N) is 1. The molecule has 3 heterocycles. The molecule has 0 radical (unpaired) electrons. The quantitative estimate of drug-likeness (QED) is 0.391. The third-order valence-corrected chi connectivity index (χ3v) is 6.59. The Morgan fingerprint density at radius 3 is 2.61 bits per heavy atom. The van der Waals surface area contributed by atoms with Crippen LogP contribution in [-0.2, 0) is 19.4 Å². The average molecular weight is 488 g/mol. The van der Waals surface area contributed by atoms with Crippen LogP contribution in [0, 0.1) is 17.6 Å². The number of aromatic nitrogens is 4. The fourth-order valence-corrected chi connectivity index (χ4v) is 4.82. The van der Waals surface area contributed by atoms with Crippen molar-refractivity contribution in [1.82, 2.24) is 24.8 Å². The second kappa shape index (κ2) is 9.33. The van der Waals surface area contributed by atoms with Gasteiger partial charge in [-0.1, -0.05) is 35.3 Å². The van der Waals surface area contributed by atoms with Gasteiger partial charge in [-0.3, -0.25) is 0 Å². The van der Waals surface area contributed by atoms with Crippen molar-refractivity contribution < 1.29 is 8.78 Å². The molecule has 2 aromatic heterocycles. The molecule has 1 fully saturated rings. The second-order valence-corrected chi connectivity index (χ2v) is 9.05. The number of hydrogen-bond acceptors (Lipinski definition) is 4. The molecule has 0 bridgehead atoms. The van der Waals surface area contributed by atoms with Crippen LogP contribution < -0.4 is 5.32 Å². The summed E-state index contributed by atoms with van der Waals surface area (Å²) in [6, 6.07) is 8.99. The van der Waals surface area contributed by atoms with E-state index in [0.29, 0.717) is 69.3 Å². The molecule has 1 aliphatic rings. The number of fused-ring (bicyclic) bond motifs is 1. The Morgan fingerprint density at radius 2 is 1.88 bits per heavy atom. The molecule has 1 saturated heterocycles. The molecular formula is C24H21Cl2F2N5.